The Morgan fingerprint density at radius 3 is 2.92 bits per heavy atom. The zero-order chi connectivity index (χ0) is 16.8. The van der Waals surface area contributed by atoms with Crippen LogP contribution in [0.25, 0.3) is 16.6 Å². The molecule has 3 aromatic heterocycles. The van der Waals surface area contributed by atoms with Crippen molar-refractivity contribution in [2.75, 3.05) is 0 Å². The predicted octanol–water partition coefficient (Wildman–Crippen LogP) is 3.62. The van der Waals surface area contributed by atoms with Gasteiger partial charge in [-0.3, -0.25) is 4.79 Å². The summed E-state index contributed by atoms with van der Waals surface area (Å²) in [6, 6.07) is 14.2. The molecule has 3 heterocycles. The summed E-state index contributed by atoms with van der Waals surface area (Å²) in [4.78, 5) is 22.9. The molecule has 0 bridgehead atoms. The summed E-state index contributed by atoms with van der Waals surface area (Å²) in [5.41, 5.74) is 3.69. The fraction of sp³-hybridized carbons (Fsp3) is 0.200. The summed E-state index contributed by atoms with van der Waals surface area (Å²) in [5.74, 6) is 0.0887. The van der Waals surface area contributed by atoms with Crippen molar-refractivity contribution in [3.63, 3.8) is 0 Å². The summed E-state index contributed by atoms with van der Waals surface area (Å²) in [7, 11) is 0. The Morgan fingerprint density at radius 1 is 1.20 bits per heavy atom. The van der Waals surface area contributed by atoms with Gasteiger partial charge in [0.25, 0.3) is 5.91 Å². The smallest absolute Gasteiger partial charge is 0.256 e. The molecule has 1 saturated carbocycles. The van der Waals surface area contributed by atoms with E-state index in [1.54, 1.807) is 0 Å². The Kier molecular flexibility index (Phi) is 3.13. The van der Waals surface area contributed by atoms with Gasteiger partial charge in [-0.2, -0.15) is 0 Å². The SMILES string of the molecule is O=C(c1c[nH]c2ccccc12)N(Cc1cnc2ccccn12)C1CC1. The molecule has 1 aromatic carbocycles. The summed E-state index contributed by atoms with van der Waals surface area (Å²) in [6.45, 7) is 0.578. The van der Waals surface area contributed by atoms with E-state index >= 15 is 0 Å². The first-order chi connectivity index (χ1) is 12.3. The van der Waals surface area contributed by atoms with Gasteiger partial charge in [0.1, 0.15) is 5.65 Å². The maximum absolute atomic E-state index is 13.2. The largest absolute Gasteiger partial charge is 0.360 e. The minimum absolute atomic E-state index is 0.0887. The van der Waals surface area contributed by atoms with E-state index < -0.39 is 0 Å². The number of hydrogen-bond donors (Lipinski definition) is 1. The number of H-pyrrole nitrogens is 1. The minimum atomic E-state index is 0.0887. The number of imidazole rings is 1. The number of nitrogens with one attached hydrogen (secondary N) is 1. The highest BCUT2D eigenvalue weighted by Crippen LogP contribution is 2.31. The number of aromatic nitrogens is 3. The third-order valence-corrected chi connectivity index (χ3v) is 4.89. The maximum atomic E-state index is 13.2. The van der Waals surface area contributed by atoms with Gasteiger partial charge in [-0.25, -0.2) is 4.98 Å². The summed E-state index contributed by atoms with van der Waals surface area (Å²) < 4.78 is 2.05. The Bertz CT molecular complexity index is 1070. The van der Waals surface area contributed by atoms with Crippen molar-refractivity contribution >= 4 is 22.5 Å². The van der Waals surface area contributed by atoms with Crippen molar-refractivity contribution in [3.8, 4) is 0 Å². The number of fused-ring (bicyclic) bond motifs is 2. The molecule has 1 N–H and O–H groups in total. The van der Waals surface area contributed by atoms with Crippen LogP contribution in [0.15, 0.2) is 61.1 Å². The molecule has 0 aliphatic heterocycles. The molecule has 0 atom stereocenters. The minimum Gasteiger partial charge on any atom is -0.360 e. The lowest BCUT2D eigenvalue weighted by Crippen LogP contribution is -2.32. The number of aromatic amines is 1. The Labute approximate surface area is 144 Å². The van der Waals surface area contributed by atoms with Gasteiger partial charge in [0.15, 0.2) is 0 Å². The van der Waals surface area contributed by atoms with Crippen LogP contribution in [-0.2, 0) is 6.54 Å². The average molecular weight is 330 g/mol. The first-order valence-corrected chi connectivity index (χ1v) is 8.59. The predicted molar refractivity (Wildman–Crippen MR) is 96.4 cm³/mol. The maximum Gasteiger partial charge on any atom is 0.256 e. The normalized spacial score (nSPS) is 14.2. The van der Waals surface area contributed by atoms with Gasteiger partial charge in [-0.05, 0) is 31.0 Å². The molecule has 25 heavy (non-hydrogen) atoms. The standard InChI is InChI=1S/C20H18N4O/c25-20(17-12-21-18-6-2-1-5-16(17)18)24(14-8-9-14)13-15-11-22-19-7-3-4-10-23(15)19/h1-7,10-12,14,21H,8-9,13H2. The molecule has 1 aliphatic rings. The molecule has 0 radical (unpaired) electrons. The molecule has 1 fully saturated rings. The van der Waals surface area contributed by atoms with E-state index in [0.29, 0.717) is 12.6 Å². The van der Waals surface area contributed by atoms with Gasteiger partial charge in [-0.1, -0.05) is 24.3 Å². The van der Waals surface area contributed by atoms with Crippen molar-refractivity contribution in [2.45, 2.75) is 25.4 Å². The third kappa shape index (κ3) is 2.39. The quantitative estimate of drug-likeness (QED) is 0.621. The highest BCUT2D eigenvalue weighted by atomic mass is 16.2. The van der Waals surface area contributed by atoms with Crippen LogP contribution >= 0.6 is 0 Å². The molecule has 5 heteroatoms. The van der Waals surface area contributed by atoms with Gasteiger partial charge in [0.2, 0.25) is 0 Å². The van der Waals surface area contributed by atoms with Gasteiger partial charge in [-0.15, -0.1) is 0 Å². The molecule has 124 valence electrons. The van der Waals surface area contributed by atoms with Crippen LogP contribution in [0, 0.1) is 0 Å². The second kappa shape index (κ2) is 5.48. The van der Waals surface area contributed by atoms with E-state index in [2.05, 4.69) is 14.4 Å². The Morgan fingerprint density at radius 2 is 2.04 bits per heavy atom. The summed E-state index contributed by atoms with van der Waals surface area (Å²) in [5, 5.41) is 0.983. The van der Waals surface area contributed by atoms with E-state index in [4.69, 9.17) is 0 Å². The number of amides is 1. The van der Waals surface area contributed by atoms with Crippen molar-refractivity contribution in [2.24, 2.45) is 0 Å². The number of rotatable bonds is 4. The number of para-hydroxylation sites is 1. The molecule has 0 spiro atoms. The van der Waals surface area contributed by atoms with Crippen molar-refractivity contribution in [1.82, 2.24) is 19.3 Å². The van der Waals surface area contributed by atoms with Crippen molar-refractivity contribution in [1.29, 1.82) is 0 Å². The Balaban J connectivity index is 1.52. The lowest BCUT2D eigenvalue weighted by Gasteiger charge is -2.22. The highest BCUT2D eigenvalue weighted by Gasteiger charge is 2.34. The van der Waals surface area contributed by atoms with Crippen LogP contribution in [0.4, 0.5) is 0 Å². The number of hydrogen-bond acceptors (Lipinski definition) is 2. The van der Waals surface area contributed by atoms with Crippen LogP contribution in [0.3, 0.4) is 0 Å². The van der Waals surface area contributed by atoms with Crippen LogP contribution in [-0.4, -0.2) is 31.2 Å². The highest BCUT2D eigenvalue weighted by molar-refractivity contribution is 6.06. The molecule has 1 amide bonds. The molecule has 0 saturated heterocycles. The molecule has 5 nitrogen and oxygen atoms in total. The number of carbonyl (C=O) groups is 1. The molecule has 5 rings (SSSR count). The van der Waals surface area contributed by atoms with E-state index in [9.17, 15) is 4.79 Å². The molecular weight excluding hydrogens is 312 g/mol. The molecule has 1 aliphatic carbocycles. The number of pyridine rings is 1. The second-order valence-corrected chi connectivity index (χ2v) is 6.59. The first-order valence-electron chi connectivity index (χ1n) is 8.59. The van der Waals surface area contributed by atoms with Gasteiger partial charge in [0.05, 0.1) is 24.0 Å². The summed E-state index contributed by atoms with van der Waals surface area (Å²) >= 11 is 0. The van der Waals surface area contributed by atoms with E-state index in [0.717, 1.165) is 40.6 Å². The fourth-order valence-corrected chi connectivity index (χ4v) is 3.43. The zero-order valence-electron chi connectivity index (χ0n) is 13.7. The lowest BCUT2D eigenvalue weighted by molar-refractivity contribution is 0.0729. The van der Waals surface area contributed by atoms with Crippen LogP contribution < -0.4 is 0 Å². The second-order valence-electron chi connectivity index (χ2n) is 6.59. The fourth-order valence-electron chi connectivity index (χ4n) is 3.43. The van der Waals surface area contributed by atoms with Crippen LogP contribution in [0.1, 0.15) is 28.9 Å². The first kappa shape index (κ1) is 14.3. The Hall–Kier alpha value is -3.08. The zero-order valence-corrected chi connectivity index (χ0v) is 13.7. The molecular formula is C20H18N4O. The average Bonchev–Trinajstić information content (AvgIpc) is 3.27. The monoisotopic (exact) mass is 330 g/mol. The van der Waals surface area contributed by atoms with Crippen LogP contribution in [0.5, 0.6) is 0 Å². The molecule has 4 aromatic rings. The van der Waals surface area contributed by atoms with Gasteiger partial charge < -0.3 is 14.3 Å². The van der Waals surface area contributed by atoms with E-state index in [1.165, 1.54) is 0 Å². The summed E-state index contributed by atoms with van der Waals surface area (Å²) in [6.07, 6.45) is 7.85. The van der Waals surface area contributed by atoms with Gasteiger partial charge in [0, 0.05) is 29.3 Å². The third-order valence-electron chi connectivity index (χ3n) is 4.89. The van der Waals surface area contributed by atoms with Crippen molar-refractivity contribution in [3.05, 3.63) is 72.3 Å². The lowest BCUT2D eigenvalue weighted by atomic mass is 10.1. The van der Waals surface area contributed by atoms with E-state index in [1.807, 2.05) is 66.0 Å². The number of benzene rings is 1. The topological polar surface area (TPSA) is 53.4 Å². The van der Waals surface area contributed by atoms with Crippen LogP contribution in [0.2, 0.25) is 0 Å². The number of carbonyl (C=O) groups excluding carboxylic acids is 1. The number of nitrogens with zero attached hydrogens (tertiary/aromatic N) is 3. The van der Waals surface area contributed by atoms with Gasteiger partial charge >= 0.3 is 0 Å². The molecule has 0 unspecified atom stereocenters. The van der Waals surface area contributed by atoms with E-state index in [-0.39, 0.29) is 5.91 Å². The van der Waals surface area contributed by atoms with Crippen molar-refractivity contribution < 1.29 is 4.79 Å².